The van der Waals surface area contributed by atoms with E-state index < -0.39 is 67.0 Å². The minimum atomic E-state index is -1.75. The Hall–Kier alpha value is -0.890. The number of carboxylic acid groups (broad SMARTS) is 1. The molecule has 0 aromatic carbocycles. The quantitative estimate of drug-likeness (QED) is 0.244. The predicted molar refractivity (Wildman–Crippen MR) is 73.7 cm³/mol. The molecule has 11 heteroatoms. The summed E-state index contributed by atoms with van der Waals surface area (Å²) in [4.78, 5) is 11.1. The Labute approximate surface area is 131 Å². The first-order valence-corrected chi connectivity index (χ1v) is 7.18. The van der Waals surface area contributed by atoms with E-state index in [2.05, 4.69) is 0 Å². The van der Waals surface area contributed by atoms with Crippen LogP contribution in [-0.4, -0.2) is 92.5 Å². The highest BCUT2D eigenvalue weighted by molar-refractivity contribution is 5.73. The lowest BCUT2D eigenvalue weighted by Crippen LogP contribution is -2.67. The molecule has 0 unspecified atom stereocenters. The van der Waals surface area contributed by atoms with Gasteiger partial charge in [-0.25, -0.2) is 4.79 Å². The molecule has 1 saturated heterocycles. The molecule has 1 heterocycles. The number of rotatable bonds is 3. The van der Waals surface area contributed by atoms with Crippen LogP contribution in [0.15, 0.2) is 0 Å². The second-order valence-corrected chi connectivity index (χ2v) is 5.97. The monoisotopic (exact) mass is 337 g/mol. The van der Waals surface area contributed by atoms with E-state index in [9.17, 15) is 25.2 Å². The number of ether oxygens (including phenoxy) is 2. The van der Waals surface area contributed by atoms with Crippen LogP contribution in [0.25, 0.3) is 0 Å². The van der Waals surface area contributed by atoms with Gasteiger partial charge in [-0.1, -0.05) is 0 Å². The fourth-order valence-electron chi connectivity index (χ4n) is 2.84. The van der Waals surface area contributed by atoms with Crippen LogP contribution in [0.4, 0.5) is 0 Å². The molecule has 0 aromatic rings. The third-order valence-corrected chi connectivity index (χ3v) is 4.28. The van der Waals surface area contributed by atoms with Gasteiger partial charge in [-0.3, -0.25) is 0 Å². The topological polar surface area (TPSA) is 215 Å². The largest absolute Gasteiger partial charge is 0.479 e. The van der Waals surface area contributed by atoms with Gasteiger partial charge in [-0.15, -0.1) is 0 Å². The van der Waals surface area contributed by atoms with Crippen molar-refractivity contribution in [1.82, 2.24) is 0 Å². The smallest absolute Gasteiger partial charge is 0.335 e. The Balaban J connectivity index is 2.12. The minimum Gasteiger partial charge on any atom is -0.479 e. The number of hydrogen-bond acceptors (Lipinski definition) is 10. The van der Waals surface area contributed by atoms with Crippen LogP contribution in [0.2, 0.25) is 0 Å². The Morgan fingerprint density at radius 2 is 1.57 bits per heavy atom. The molecule has 1 saturated carbocycles. The van der Waals surface area contributed by atoms with Gasteiger partial charge in [0.1, 0.15) is 24.4 Å². The second-order valence-electron chi connectivity index (χ2n) is 5.97. The summed E-state index contributed by atoms with van der Waals surface area (Å²) in [6, 6.07) is -2.76. The van der Waals surface area contributed by atoms with Gasteiger partial charge in [0.15, 0.2) is 12.4 Å². The van der Waals surface area contributed by atoms with Crippen molar-refractivity contribution in [1.29, 1.82) is 0 Å². The Morgan fingerprint density at radius 1 is 0.957 bits per heavy atom. The number of aliphatic hydroxyl groups is 4. The van der Waals surface area contributed by atoms with Crippen LogP contribution >= 0.6 is 0 Å². The number of nitrogens with two attached hydrogens (primary N) is 3. The highest BCUT2D eigenvalue weighted by atomic mass is 16.7. The van der Waals surface area contributed by atoms with Crippen LogP contribution < -0.4 is 17.2 Å². The Morgan fingerprint density at radius 3 is 2.13 bits per heavy atom. The van der Waals surface area contributed by atoms with Crippen molar-refractivity contribution in [3.05, 3.63) is 0 Å². The molecule has 2 fully saturated rings. The van der Waals surface area contributed by atoms with Crippen LogP contribution in [0.1, 0.15) is 6.42 Å². The zero-order valence-electron chi connectivity index (χ0n) is 12.2. The normalized spacial score (nSPS) is 51.4. The van der Waals surface area contributed by atoms with Crippen molar-refractivity contribution in [2.75, 3.05) is 0 Å². The minimum absolute atomic E-state index is 0.151. The first kappa shape index (κ1) is 18.4. The van der Waals surface area contributed by atoms with Crippen molar-refractivity contribution < 1.29 is 39.8 Å². The summed E-state index contributed by atoms with van der Waals surface area (Å²) in [5.41, 5.74) is 17.2. The van der Waals surface area contributed by atoms with Gasteiger partial charge in [-0.2, -0.15) is 0 Å². The molecule has 0 radical (unpaired) electrons. The molecule has 1 aliphatic heterocycles. The first-order chi connectivity index (χ1) is 10.6. The standard InChI is InChI=1S/C12H23N3O8/c13-2-1-3(14)9(7(18)5(2)16)22-12-4(15)6(17)8(19)10(23-12)11(20)21/h2-10,12,16-19H,1,13-15H2,(H,20,21)/t2-,3+,4-,5+,6-,7-,8+,9-,10-,12+/m1/s1. The zero-order chi connectivity index (χ0) is 17.5. The molecule has 0 spiro atoms. The van der Waals surface area contributed by atoms with Gasteiger partial charge in [-0.05, 0) is 6.42 Å². The molecular formula is C12H23N3O8. The van der Waals surface area contributed by atoms with E-state index in [1.165, 1.54) is 0 Å². The van der Waals surface area contributed by atoms with E-state index in [4.69, 9.17) is 31.8 Å². The fraction of sp³-hybridized carbons (Fsp3) is 0.917. The lowest BCUT2D eigenvalue weighted by Gasteiger charge is -2.45. The maximum Gasteiger partial charge on any atom is 0.335 e. The van der Waals surface area contributed by atoms with Gasteiger partial charge < -0.3 is 52.2 Å². The van der Waals surface area contributed by atoms with Gasteiger partial charge >= 0.3 is 5.97 Å². The number of hydrogen-bond donors (Lipinski definition) is 8. The van der Waals surface area contributed by atoms with E-state index in [1.807, 2.05) is 0 Å². The maximum absolute atomic E-state index is 11.1. The number of carboxylic acids is 1. The van der Waals surface area contributed by atoms with E-state index in [1.54, 1.807) is 0 Å². The van der Waals surface area contributed by atoms with Crippen molar-refractivity contribution in [3.63, 3.8) is 0 Å². The highest BCUT2D eigenvalue weighted by Crippen LogP contribution is 2.27. The summed E-state index contributed by atoms with van der Waals surface area (Å²) in [7, 11) is 0. The van der Waals surface area contributed by atoms with E-state index >= 15 is 0 Å². The van der Waals surface area contributed by atoms with Gasteiger partial charge in [0.25, 0.3) is 0 Å². The molecule has 1 aliphatic carbocycles. The summed E-state index contributed by atoms with van der Waals surface area (Å²) in [6.45, 7) is 0. The first-order valence-electron chi connectivity index (χ1n) is 7.18. The van der Waals surface area contributed by atoms with E-state index in [0.29, 0.717) is 0 Å². The van der Waals surface area contributed by atoms with Crippen LogP contribution in [0.3, 0.4) is 0 Å². The SMILES string of the molecule is N[C@H]1[C@@H](O[C@H]2[C@H](O)[C@@H](O)[C@H](N)C[C@@H]2N)O[C@@H](C(=O)O)[C@@H](O)[C@@H]1O. The number of aliphatic carboxylic acids is 1. The lowest BCUT2D eigenvalue weighted by molar-refractivity contribution is -0.287. The molecule has 10 atom stereocenters. The van der Waals surface area contributed by atoms with Gasteiger partial charge in [0.05, 0.1) is 12.1 Å². The molecule has 11 N–H and O–H groups in total. The van der Waals surface area contributed by atoms with Crippen LogP contribution in [-0.2, 0) is 14.3 Å². The third-order valence-electron chi connectivity index (χ3n) is 4.28. The molecule has 0 amide bonds. The highest BCUT2D eigenvalue weighted by Gasteiger charge is 2.49. The molecule has 23 heavy (non-hydrogen) atoms. The molecule has 2 aliphatic rings. The summed E-state index contributed by atoms with van der Waals surface area (Å²) >= 11 is 0. The average Bonchev–Trinajstić information content (AvgIpc) is 2.48. The van der Waals surface area contributed by atoms with E-state index in [0.717, 1.165) is 0 Å². The van der Waals surface area contributed by atoms with Crippen molar-refractivity contribution in [3.8, 4) is 0 Å². The molecule has 2 rings (SSSR count). The summed E-state index contributed by atoms with van der Waals surface area (Å²) < 4.78 is 10.5. The zero-order valence-corrected chi connectivity index (χ0v) is 12.2. The third kappa shape index (κ3) is 3.47. The average molecular weight is 337 g/mol. The predicted octanol–water partition coefficient (Wildman–Crippen LogP) is -4.99. The molecular weight excluding hydrogens is 314 g/mol. The fourth-order valence-corrected chi connectivity index (χ4v) is 2.84. The van der Waals surface area contributed by atoms with Gasteiger partial charge in [0, 0.05) is 12.1 Å². The van der Waals surface area contributed by atoms with Crippen LogP contribution in [0.5, 0.6) is 0 Å². The second kappa shape index (κ2) is 6.93. The summed E-state index contributed by atoms with van der Waals surface area (Å²) in [6.07, 6.45) is -10.2. The Bertz CT molecular complexity index is 441. The van der Waals surface area contributed by atoms with E-state index in [-0.39, 0.29) is 6.42 Å². The summed E-state index contributed by atoms with van der Waals surface area (Å²) in [5, 5.41) is 48.3. The lowest BCUT2D eigenvalue weighted by atomic mass is 9.84. The summed E-state index contributed by atoms with van der Waals surface area (Å²) in [5.74, 6) is -1.51. The van der Waals surface area contributed by atoms with Crippen molar-refractivity contribution >= 4 is 5.97 Å². The number of carbonyl (C=O) groups is 1. The van der Waals surface area contributed by atoms with Crippen molar-refractivity contribution in [2.45, 2.75) is 67.5 Å². The maximum atomic E-state index is 11.1. The van der Waals surface area contributed by atoms with Crippen molar-refractivity contribution in [2.24, 2.45) is 17.2 Å². The van der Waals surface area contributed by atoms with Gasteiger partial charge in [0.2, 0.25) is 0 Å². The Kier molecular flexibility index (Phi) is 5.56. The molecule has 11 nitrogen and oxygen atoms in total. The number of aliphatic hydroxyl groups excluding tert-OH is 4. The molecule has 0 aromatic heterocycles. The van der Waals surface area contributed by atoms with Crippen LogP contribution in [0, 0.1) is 0 Å². The molecule has 0 bridgehead atoms. The molecule has 134 valence electrons.